The summed E-state index contributed by atoms with van der Waals surface area (Å²) in [4.78, 5) is 0. The summed E-state index contributed by atoms with van der Waals surface area (Å²) in [6.07, 6.45) is 4.02. The first kappa shape index (κ1) is 15.1. The van der Waals surface area contributed by atoms with Gasteiger partial charge in [-0.05, 0) is 56.7 Å². The van der Waals surface area contributed by atoms with Crippen molar-refractivity contribution >= 4 is 11.6 Å². The maximum absolute atomic E-state index is 6.15. The van der Waals surface area contributed by atoms with E-state index >= 15 is 0 Å². The minimum atomic E-state index is 0.412. The summed E-state index contributed by atoms with van der Waals surface area (Å²) in [5.41, 5.74) is 3.87. The summed E-state index contributed by atoms with van der Waals surface area (Å²) in [6, 6.07) is 11.1. The largest absolute Gasteiger partial charge is 0.270 e. The standard InChI is InChI=1S/C17H23ClN2/c1-13(2)20-9-8-17(19-20)11-15(12-18)10-16-7-5-4-6-14(16)3/h4-9,13,15H,10-12H2,1-3H3. The van der Waals surface area contributed by atoms with Gasteiger partial charge in [-0.1, -0.05) is 24.3 Å². The van der Waals surface area contributed by atoms with Gasteiger partial charge in [-0.2, -0.15) is 5.10 Å². The summed E-state index contributed by atoms with van der Waals surface area (Å²) in [6.45, 7) is 6.44. The van der Waals surface area contributed by atoms with Crippen molar-refractivity contribution in [3.05, 3.63) is 53.3 Å². The van der Waals surface area contributed by atoms with Gasteiger partial charge in [-0.25, -0.2) is 0 Å². The molecule has 0 saturated heterocycles. The van der Waals surface area contributed by atoms with E-state index in [0.29, 0.717) is 17.8 Å². The molecule has 0 aliphatic rings. The number of aryl methyl sites for hydroxylation is 1. The van der Waals surface area contributed by atoms with Crippen LogP contribution in [0.4, 0.5) is 0 Å². The van der Waals surface area contributed by atoms with Crippen LogP contribution in [0.25, 0.3) is 0 Å². The quantitative estimate of drug-likeness (QED) is 0.721. The minimum absolute atomic E-state index is 0.412. The smallest absolute Gasteiger partial charge is 0.0628 e. The Morgan fingerprint density at radius 1 is 1.15 bits per heavy atom. The molecule has 0 amide bonds. The van der Waals surface area contributed by atoms with E-state index in [4.69, 9.17) is 11.6 Å². The number of hydrogen-bond acceptors (Lipinski definition) is 1. The first-order valence-electron chi connectivity index (χ1n) is 7.24. The van der Waals surface area contributed by atoms with Gasteiger partial charge in [0, 0.05) is 18.1 Å². The summed E-state index contributed by atoms with van der Waals surface area (Å²) in [5.74, 6) is 1.11. The molecule has 2 nitrogen and oxygen atoms in total. The Labute approximate surface area is 126 Å². The lowest BCUT2D eigenvalue weighted by Crippen LogP contribution is -2.12. The lowest BCUT2D eigenvalue weighted by molar-refractivity contribution is 0.511. The monoisotopic (exact) mass is 290 g/mol. The van der Waals surface area contributed by atoms with Crippen LogP contribution < -0.4 is 0 Å². The van der Waals surface area contributed by atoms with Gasteiger partial charge in [0.25, 0.3) is 0 Å². The average molecular weight is 291 g/mol. The molecule has 1 aromatic carbocycles. The lowest BCUT2D eigenvalue weighted by atomic mass is 9.94. The van der Waals surface area contributed by atoms with E-state index in [2.05, 4.69) is 62.4 Å². The minimum Gasteiger partial charge on any atom is -0.270 e. The molecule has 0 saturated carbocycles. The number of hydrogen-bond donors (Lipinski definition) is 0. The van der Waals surface area contributed by atoms with Crippen molar-refractivity contribution in [1.82, 2.24) is 9.78 Å². The Hall–Kier alpha value is -1.28. The van der Waals surface area contributed by atoms with Gasteiger partial charge in [0.1, 0.15) is 0 Å². The molecule has 2 aromatic rings. The van der Waals surface area contributed by atoms with Crippen LogP contribution >= 0.6 is 11.6 Å². The fraction of sp³-hybridized carbons (Fsp3) is 0.471. The molecule has 0 spiro atoms. The van der Waals surface area contributed by atoms with E-state index in [0.717, 1.165) is 18.5 Å². The molecule has 108 valence electrons. The van der Waals surface area contributed by atoms with Crippen molar-refractivity contribution in [3.8, 4) is 0 Å². The molecule has 0 aliphatic carbocycles. The molecule has 20 heavy (non-hydrogen) atoms. The number of nitrogens with zero attached hydrogens (tertiary/aromatic N) is 2. The summed E-state index contributed by atoms with van der Waals surface area (Å²) in [7, 11) is 0. The predicted octanol–water partition coefficient (Wildman–Crippen LogP) is 4.41. The van der Waals surface area contributed by atoms with Crippen LogP contribution in [0.3, 0.4) is 0 Å². The van der Waals surface area contributed by atoms with Crippen LogP contribution in [0, 0.1) is 12.8 Å². The molecular formula is C17H23ClN2. The van der Waals surface area contributed by atoms with Crippen LogP contribution in [-0.4, -0.2) is 15.7 Å². The van der Waals surface area contributed by atoms with Gasteiger partial charge >= 0.3 is 0 Å². The maximum atomic E-state index is 6.15. The van der Waals surface area contributed by atoms with Gasteiger partial charge in [-0.3, -0.25) is 4.68 Å². The fourth-order valence-corrected chi connectivity index (χ4v) is 2.62. The van der Waals surface area contributed by atoms with Crippen LogP contribution in [-0.2, 0) is 12.8 Å². The molecule has 0 N–H and O–H groups in total. The van der Waals surface area contributed by atoms with E-state index in [1.165, 1.54) is 11.1 Å². The maximum Gasteiger partial charge on any atom is 0.0628 e. The molecular weight excluding hydrogens is 268 g/mol. The highest BCUT2D eigenvalue weighted by atomic mass is 35.5. The second kappa shape index (κ2) is 6.94. The average Bonchev–Trinajstić information content (AvgIpc) is 2.89. The SMILES string of the molecule is Cc1ccccc1CC(CCl)Cc1ccn(C(C)C)n1. The van der Waals surface area contributed by atoms with Crippen LogP contribution in [0.15, 0.2) is 36.5 Å². The lowest BCUT2D eigenvalue weighted by Gasteiger charge is -2.14. The van der Waals surface area contributed by atoms with Crippen molar-refractivity contribution in [2.24, 2.45) is 5.92 Å². The highest BCUT2D eigenvalue weighted by molar-refractivity contribution is 6.18. The van der Waals surface area contributed by atoms with Gasteiger partial charge in [0.2, 0.25) is 0 Å². The van der Waals surface area contributed by atoms with Gasteiger partial charge in [0.05, 0.1) is 5.69 Å². The first-order valence-corrected chi connectivity index (χ1v) is 7.78. The fourth-order valence-electron chi connectivity index (χ4n) is 2.40. The molecule has 0 bridgehead atoms. The topological polar surface area (TPSA) is 17.8 Å². The summed E-state index contributed by atoms with van der Waals surface area (Å²) < 4.78 is 2.01. The molecule has 3 heteroatoms. The number of benzene rings is 1. The second-order valence-corrected chi connectivity index (χ2v) is 6.04. The van der Waals surface area contributed by atoms with E-state index in [-0.39, 0.29) is 0 Å². The van der Waals surface area contributed by atoms with E-state index in [9.17, 15) is 0 Å². The van der Waals surface area contributed by atoms with E-state index in [1.54, 1.807) is 0 Å². The molecule has 0 aliphatic heterocycles. The Morgan fingerprint density at radius 3 is 2.50 bits per heavy atom. The third-order valence-corrected chi connectivity index (χ3v) is 4.11. The number of alkyl halides is 1. The Bertz CT molecular complexity index is 545. The van der Waals surface area contributed by atoms with Crippen LogP contribution in [0.2, 0.25) is 0 Å². The van der Waals surface area contributed by atoms with Crippen molar-refractivity contribution in [1.29, 1.82) is 0 Å². The highest BCUT2D eigenvalue weighted by Gasteiger charge is 2.13. The summed E-state index contributed by atoms with van der Waals surface area (Å²) in [5, 5.41) is 4.62. The molecule has 1 atom stereocenters. The van der Waals surface area contributed by atoms with Gasteiger partial charge in [-0.15, -0.1) is 11.6 Å². The normalized spacial score (nSPS) is 12.8. The summed E-state index contributed by atoms with van der Waals surface area (Å²) >= 11 is 6.15. The first-order chi connectivity index (χ1) is 9.60. The Kier molecular flexibility index (Phi) is 5.24. The zero-order chi connectivity index (χ0) is 14.5. The van der Waals surface area contributed by atoms with Crippen molar-refractivity contribution in [2.45, 2.75) is 39.7 Å². The third-order valence-electron chi connectivity index (χ3n) is 3.68. The predicted molar refractivity (Wildman–Crippen MR) is 85.4 cm³/mol. The zero-order valence-corrected chi connectivity index (χ0v) is 13.3. The van der Waals surface area contributed by atoms with Crippen molar-refractivity contribution < 1.29 is 0 Å². The molecule has 1 unspecified atom stereocenters. The number of halogens is 1. The van der Waals surface area contributed by atoms with Gasteiger partial charge < -0.3 is 0 Å². The van der Waals surface area contributed by atoms with Crippen LogP contribution in [0.1, 0.15) is 36.7 Å². The van der Waals surface area contributed by atoms with Crippen molar-refractivity contribution in [3.63, 3.8) is 0 Å². The van der Waals surface area contributed by atoms with E-state index < -0.39 is 0 Å². The molecule has 0 fully saturated rings. The van der Waals surface area contributed by atoms with E-state index in [1.807, 2.05) is 4.68 Å². The molecule has 1 aromatic heterocycles. The molecule has 0 radical (unpaired) electrons. The molecule has 1 heterocycles. The number of aromatic nitrogens is 2. The molecule has 2 rings (SSSR count). The van der Waals surface area contributed by atoms with Gasteiger partial charge in [0.15, 0.2) is 0 Å². The zero-order valence-electron chi connectivity index (χ0n) is 12.5. The van der Waals surface area contributed by atoms with Crippen LogP contribution in [0.5, 0.6) is 0 Å². The van der Waals surface area contributed by atoms with Crippen molar-refractivity contribution in [2.75, 3.05) is 5.88 Å². The number of rotatable bonds is 6. The third kappa shape index (κ3) is 3.86. The second-order valence-electron chi connectivity index (χ2n) is 5.74. The highest BCUT2D eigenvalue weighted by Crippen LogP contribution is 2.18. The Balaban J connectivity index is 2.03. The Morgan fingerprint density at radius 2 is 1.90 bits per heavy atom.